The number of fused-ring (bicyclic) bond motifs is 3. The molecule has 4 nitrogen and oxygen atoms in total. The van der Waals surface area contributed by atoms with Crippen LogP contribution >= 0.6 is 0 Å². The van der Waals surface area contributed by atoms with Gasteiger partial charge in [-0.2, -0.15) is 4.98 Å². The van der Waals surface area contributed by atoms with Gasteiger partial charge in [-0.25, -0.2) is 9.37 Å². The maximum atomic E-state index is 13.4. The zero-order valence-electron chi connectivity index (χ0n) is 16.0. The second kappa shape index (κ2) is 6.71. The summed E-state index contributed by atoms with van der Waals surface area (Å²) in [5.41, 5.74) is 6.77. The van der Waals surface area contributed by atoms with E-state index in [2.05, 4.69) is 16.4 Å². The molecule has 2 aromatic heterocycles. The highest BCUT2D eigenvalue weighted by molar-refractivity contribution is 6.06. The number of halogens is 1. The second-order valence-electron chi connectivity index (χ2n) is 7.18. The first kappa shape index (κ1) is 17.4. The van der Waals surface area contributed by atoms with Crippen LogP contribution in [0.15, 0.2) is 71.1 Å². The number of aryl methyl sites for hydroxylation is 2. The molecule has 3 aromatic carbocycles. The number of nitrogens with one attached hydrogen (secondary N) is 1. The smallest absolute Gasteiger partial charge is 0.300 e. The third-order valence-corrected chi connectivity index (χ3v) is 4.82. The van der Waals surface area contributed by atoms with E-state index in [0.717, 1.165) is 33.3 Å². The number of hydrogen-bond donors (Lipinski definition) is 1. The Morgan fingerprint density at radius 1 is 0.862 bits per heavy atom. The predicted molar refractivity (Wildman–Crippen MR) is 114 cm³/mol. The second-order valence-corrected chi connectivity index (χ2v) is 7.18. The number of pyridine rings is 1. The van der Waals surface area contributed by atoms with Crippen LogP contribution in [0.2, 0.25) is 0 Å². The molecule has 0 saturated heterocycles. The van der Waals surface area contributed by atoms with Crippen LogP contribution in [0.3, 0.4) is 0 Å². The maximum Gasteiger partial charge on any atom is 0.300 e. The molecule has 5 aromatic rings. The van der Waals surface area contributed by atoms with Gasteiger partial charge < -0.3 is 9.73 Å². The summed E-state index contributed by atoms with van der Waals surface area (Å²) in [6, 6.07) is 20.6. The summed E-state index contributed by atoms with van der Waals surface area (Å²) in [5.74, 6) is -0.289. The number of rotatable bonds is 3. The van der Waals surface area contributed by atoms with E-state index in [4.69, 9.17) is 9.40 Å². The fraction of sp³-hybridized carbons (Fsp3) is 0.0833. The van der Waals surface area contributed by atoms with Crippen LogP contribution in [-0.2, 0) is 0 Å². The fourth-order valence-corrected chi connectivity index (χ4v) is 3.63. The first-order valence-electron chi connectivity index (χ1n) is 9.37. The van der Waals surface area contributed by atoms with Crippen molar-refractivity contribution in [2.45, 2.75) is 13.8 Å². The van der Waals surface area contributed by atoms with Gasteiger partial charge in [-0.3, -0.25) is 0 Å². The third-order valence-electron chi connectivity index (χ3n) is 4.82. The van der Waals surface area contributed by atoms with Crippen LogP contribution in [0.4, 0.5) is 16.1 Å². The van der Waals surface area contributed by atoms with Crippen LogP contribution in [0, 0.1) is 19.7 Å². The van der Waals surface area contributed by atoms with Crippen molar-refractivity contribution < 1.29 is 8.81 Å². The van der Waals surface area contributed by atoms with Gasteiger partial charge in [0.05, 0.1) is 5.52 Å². The summed E-state index contributed by atoms with van der Waals surface area (Å²) in [4.78, 5) is 9.46. The summed E-state index contributed by atoms with van der Waals surface area (Å²) in [6.07, 6.45) is 0. The van der Waals surface area contributed by atoms with Crippen molar-refractivity contribution >= 4 is 33.7 Å². The van der Waals surface area contributed by atoms with Crippen LogP contribution in [0.1, 0.15) is 11.1 Å². The Bertz CT molecular complexity index is 1340. The predicted octanol–water partition coefficient (Wildman–Crippen LogP) is 6.54. The molecule has 1 N–H and O–H groups in total. The number of anilines is 2. The molecule has 0 aliphatic heterocycles. The van der Waals surface area contributed by atoms with Crippen molar-refractivity contribution in [2.24, 2.45) is 0 Å². The molecule has 5 rings (SSSR count). The molecule has 29 heavy (non-hydrogen) atoms. The number of aromatic nitrogens is 2. The SMILES string of the molecule is Cc1cc(C)cc(Nc2nc3c(-c4ccc(F)cc4)nc4ccccc4c3o2)c1. The van der Waals surface area contributed by atoms with E-state index in [1.54, 1.807) is 12.1 Å². The van der Waals surface area contributed by atoms with Crippen LogP contribution in [0.5, 0.6) is 0 Å². The van der Waals surface area contributed by atoms with Crippen molar-refractivity contribution in [2.75, 3.05) is 5.32 Å². The first-order valence-corrected chi connectivity index (χ1v) is 9.37. The Morgan fingerprint density at radius 3 is 2.34 bits per heavy atom. The lowest BCUT2D eigenvalue weighted by Crippen LogP contribution is -1.92. The van der Waals surface area contributed by atoms with Gasteiger partial charge in [0.1, 0.15) is 17.0 Å². The van der Waals surface area contributed by atoms with Gasteiger partial charge >= 0.3 is 0 Å². The van der Waals surface area contributed by atoms with E-state index in [1.165, 1.54) is 12.1 Å². The highest BCUT2D eigenvalue weighted by Gasteiger charge is 2.17. The molecule has 2 heterocycles. The van der Waals surface area contributed by atoms with E-state index in [-0.39, 0.29) is 5.82 Å². The van der Waals surface area contributed by atoms with Gasteiger partial charge in [0, 0.05) is 16.6 Å². The van der Waals surface area contributed by atoms with E-state index < -0.39 is 0 Å². The van der Waals surface area contributed by atoms with Crippen molar-refractivity contribution in [1.82, 2.24) is 9.97 Å². The number of benzene rings is 3. The average molecular weight is 383 g/mol. The lowest BCUT2D eigenvalue weighted by molar-refractivity contribution is 0.626. The normalized spacial score (nSPS) is 11.3. The Balaban J connectivity index is 1.71. The molecule has 0 aliphatic rings. The van der Waals surface area contributed by atoms with Gasteiger partial charge in [0.15, 0.2) is 5.58 Å². The number of nitrogens with zero attached hydrogens (tertiary/aromatic N) is 2. The number of hydrogen-bond acceptors (Lipinski definition) is 4. The molecular formula is C24H18FN3O. The van der Waals surface area contributed by atoms with E-state index in [0.29, 0.717) is 22.8 Å². The fourth-order valence-electron chi connectivity index (χ4n) is 3.63. The standard InChI is InChI=1S/C24H18FN3O/c1-14-11-15(2)13-18(12-14)26-24-28-22-21(16-7-9-17(25)10-8-16)27-20-6-4-3-5-19(20)23(22)29-24/h3-13H,1-2H3,(H,26,28). The Labute approximate surface area is 167 Å². The molecule has 142 valence electrons. The summed E-state index contributed by atoms with van der Waals surface area (Å²) in [5, 5.41) is 4.15. The molecule has 0 fully saturated rings. The number of para-hydroxylation sites is 1. The number of oxazole rings is 1. The van der Waals surface area contributed by atoms with E-state index >= 15 is 0 Å². The molecular weight excluding hydrogens is 365 g/mol. The average Bonchev–Trinajstić information content (AvgIpc) is 3.11. The van der Waals surface area contributed by atoms with Crippen molar-refractivity contribution in [3.63, 3.8) is 0 Å². The van der Waals surface area contributed by atoms with Gasteiger partial charge in [0.2, 0.25) is 0 Å². The molecule has 0 spiro atoms. The highest BCUT2D eigenvalue weighted by atomic mass is 19.1. The minimum Gasteiger partial charge on any atom is -0.422 e. The Hall–Kier alpha value is -3.73. The van der Waals surface area contributed by atoms with Crippen molar-refractivity contribution in [3.8, 4) is 11.3 Å². The lowest BCUT2D eigenvalue weighted by atomic mass is 10.1. The minimum absolute atomic E-state index is 0.289. The van der Waals surface area contributed by atoms with Gasteiger partial charge in [-0.1, -0.05) is 18.2 Å². The van der Waals surface area contributed by atoms with Crippen molar-refractivity contribution in [1.29, 1.82) is 0 Å². The van der Waals surface area contributed by atoms with Gasteiger partial charge in [-0.05, 0) is 73.5 Å². The van der Waals surface area contributed by atoms with Gasteiger partial charge in [-0.15, -0.1) is 0 Å². The molecule has 0 saturated carbocycles. The molecule has 0 radical (unpaired) electrons. The van der Waals surface area contributed by atoms with Gasteiger partial charge in [0.25, 0.3) is 6.01 Å². The van der Waals surface area contributed by atoms with E-state index in [1.807, 2.05) is 50.2 Å². The van der Waals surface area contributed by atoms with Crippen LogP contribution in [0.25, 0.3) is 33.3 Å². The lowest BCUT2D eigenvalue weighted by Gasteiger charge is -2.04. The minimum atomic E-state index is -0.289. The maximum absolute atomic E-state index is 13.4. The summed E-state index contributed by atoms with van der Waals surface area (Å²) in [6.45, 7) is 4.10. The van der Waals surface area contributed by atoms with Crippen LogP contribution in [-0.4, -0.2) is 9.97 Å². The van der Waals surface area contributed by atoms with Crippen molar-refractivity contribution in [3.05, 3.63) is 83.7 Å². The molecule has 0 bridgehead atoms. The summed E-state index contributed by atoms with van der Waals surface area (Å²) in [7, 11) is 0. The molecule has 0 atom stereocenters. The molecule has 0 amide bonds. The summed E-state index contributed by atoms with van der Waals surface area (Å²) >= 11 is 0. The highest BCUT2D eigenvalue weighted by Crippen LogP contribution is 2.34. The Morgan fingerprint density at radius 2 is 1.59 bits per heavy atom. The Kier molecular flexibility index (Phi) is 4.02. The molecule has 5 heteroatoms. The summed E-state index contributed by atoms with van der Waals surface area (Å²) < 4.78 is 19.5. The monoisotopic (exact) mass is 383 g/mol. The third kappa shape index (κ3) is 3.21. The van der Waals surface area contributed by atoms with E-state index in [9.17, 15) is 4.39 Å². The quantitative estimate of drug-likeness (QED) is 0.384. The zero-order valence-corrected chi connectivity index (χ0v) is 16.0. The first-order chi connectivity index (χ1) is 14.1. The molecule has 0 unspecified atom stereocenters. The zero-order chi connectivity index (χ0) is 20.0. The largest absolute Gasteiger partial charge is 0.422 e. The topological polar surface area (TPSA) is 51.0 Å². The molecule has 0 aliphatic carbocycles. The van der Waals surface area contributed by atoms with Crippen LogP contribution < -0.4 is 5.32 Å².